The Labute approximate surface area is 96.6 Å². The second-order valence-corrected chi connectivity index (χ2v) is 6.78. The summed E-state index contributed by atoms with van der Waals surface area (Å²) in [5.74, 6) is 0. The van der Waals surface area contributed by atoms with Gasteiger partial charge in [-0.05, 0) is 37.8 Å². The van der Waals surface area contributed by atoms with E-state index in [1.165, 1.54) is 12.8 Å². The minimum Gasteiger partial charge on any atom is -0.306 e. The highest BCUT2D eigenvalue weighted by Gasteiger charge is 2.25. The standard InChI is InChI=1S/C14H29N/c1-9-14(5,6)11-12(15(7)8)10-13(2,3)4/h9,12H,1,10-11H2,2-8H3. The third-order valence-electron chi connectivity index (χ3n) is 2.89. The predicted molar refractivity (Wildman–Crippen MR) is 70.1 cm³/mol. The van der Waals surface area contributed by atoms with Gasteiger partial charge in [-0.25, -0.2) is 0 Å². The summed E-state index contributed by atoms with van der Waals surface area (Å²) >= 11 is 0. The Morgan fingerprint density at radius 3 is 1.80 bits per heavy atom. The molecule has 0 spiro atoms. The van der Waals surface area contributed by atoms with Gasteiger partial charge in [-0.15, -0.1) is 6.58 Å². The van der Waals surface area contributed by atoms with Crippen molar-refractivity contribution < 1.29 is 0 Å². The Morgan fingerprint density at radius 1 is 1.07 bits per heavy atom. The third kappa shape index (κ3) is 6.72. The zero-order valence-corrected chi connectivity index (χ0v) is 11.7. The van der Waals surface area contributed by atoms with Crippen LogP contribution in [-0.2, 0) is 0 Å². The molecule has 90 valence electrons. The molecular formula is C14H29N. The van der Waals surface area contributed by atoms with E-state index in [-0.39, 0.29) is 5.41 Å². The molecule has 0 rings (SSSR count). The van der Waals surface area contributed by atoms with Crippen molar-refractivity contribution in [2.45, 2.75) is 53.5 Å². The van der Waals surface area contributed by atoms with Crippen molar-refractivity contribution in [2.24, 2.45) is 10.8 Å². The van der Waals surface area contributed by atoms with Crippen molar-refractivity contribution in [3.8, 4) is 0 Å². The maximum atomic E-state index is 3.92. The number of hydrogen-bond acceptors (Lipinski definition) is 1. The van der Waals surface area contributed by atoms with Crippen molar-refractivity contribution in [1.82, 2.24) is 4.90 Å². The van der Waals surface area contributed by atoms with E-state index in [1.54, 1.807) is 0 Å². The van der Waals surface area contributed by atoms with Crippen molar-refractivity contribution in [2.75, 3.05) is 14.1 Å². The molecule has 0 amide bonds. The molecule has 0 aromatic rings. The SMILES string of the molecule is C=CC(C)(C)CC(CC(C)(C)C)N(C)C. The smallest absolute Gasteiger partial charge is 0.0102 e. The third-order valence-corrected chi connectivity index (χ3v) is 2.89. The number of rotatable bonds is 5. The molecule has 1 atom stereocenters. The summed E-state index contributed by atoms with van der Waals surface area (Å²) < 4.78 is 0. The lowest BCUT2D eigenvalue weighted by atomic mass is 9.79. The van der Waals surface area contributed by atoms with Crippen molar-refractivity contribution in [3.63, 3.8) is 0 Å². The van der Waals surface area contributed by atoms with Crippen molar-refractivity contribution in [3.05, 3.63) is 12.7 Å². The second-order valence-electron chi connectivity index (χ2n) is 6.78. The Hall–Kier alpha value is -0.300. The van der Waals surface area contributed by atoms with Crippen molar-refractivity contribution >= 4 is 0 Å². The fourth-order valence-electron chi connectivity index (χ4n) is 1.83. The van der Waals surface area contributed by atoms with Gasteiger partial charge < -0.3 is 4.90 Å². The van der Waals surface area contributed by atoms with Crippen LogP contribution < -0.4 is 0 Å². The molecule has 0 N–H and O–H groups in total. The van der Waals surface area contributed by atoms with E-state index in [4.69, 9.17) is 0 Å². The zero-order chi connectivity index (χ0) is 12.3. The van der Waals surface area contributed by atoms with Gasteiger partial charge in [0.2, 0.25) is 0 Å². The van der Waals surface area contributed by atoms with E-state index in [0.29, 0.717) is 11.5 Å². The van der Waals surface area contributed by atoms with E-state index in [9.17, 15) is 0 Å². The van der Waals surface area contributed by atoms with Crippen LogP contribution in [0.3, 0.4) is 0 Å². The Balaban J connectivity index is 4.49. The summed E-state index contributed by atoms with van der Waals surface area (Å²) in [7, 11) is 4.35. The van der Waals surface area contributed by atoms with Gasteiger partial charge >= 0.3 is 0 Å². The summed E-state index contributed by atoms with van der Waals surface area (Å²) in [5.41, 5.74) is 0.631. The van der Waals surface area contributed by atoms with Crippen molar-refractivity contribution in [1.29, 1.82) is 0 Å². The normalized spacial score (nSPS) is 15.5. The molecule has 15 heavy (non-hydrogen) atoms. The summed E-state index contributed by atoms with van der Waals surface area (Å²) in [5, 5.41) is 0. The fourth-order valence-corrected chi connectivity index (χ4v) is 1.83. The first-order valence-electron chi connectivity index (χ1n) is 5.87. The van der Waals surface area contributed by atoms with Gasteiger partial charge in [0.05, 0.1) is 0 Å². The topological polar surface area (TPSA) is 3.24 Å². The molecule has 1 heteroatoms. The molecule has 0 aliphatic heterocycles. The van der Waals surface area contributed by atoms with Crippen LogP contribution >= 0.6 is 0 Å². The van der Waals surface area contributed by atoms with E-state index < -0.39 is 0 Å². The van der Waals surface area contributed by atoms with Gasteiger partial charge in [-0.2, -0.15) is 0 Å². The van der Waals surface area contributed by atoms with Gasteiger partial charge in [0.1, 0.15) is 0 Å². The quantitative estimate of drug-likeness (QED) is 0.622. The van der Waals surface area contributed by atoms with Gasteiger partial charge in [0, 0.05) is 6.04 Å². The largest absolute Gasteiger partial charge is 0.306 e. The molecule has 0 saturated carbocycles. The van der Waals surface area contributed by atoms with Crippen LogP contribution in [0.25, 0.3) is 0 Å². The van der Waals surface area contributed by atoms with E-state index in [0.717, 1.165) is 0 Å². The van der Waals surface area contributed by atoms with E-state index in [1.807, 2.05) is 0 Å². The Bertz CT molecular complexity index is 196. The molecule has 0 radical (unpaired) electrons. The van der Waals surface area contributed by atoms with Crippen LogP contribution in [-0.4, -0.2) is 25.0 Å². The molecule has 0 heterocycles. The number of nitrogens with zero attached hydrogens (tertiary/aromatic N) is 1. The van der Waals surface area contributed by atoms with Crippen LogP contribution in [0.4, 0.5) is 0 Å². The summed E-state index contributed by atoms with van der Waals surface area (Å²) in [6.45, 7) is 15.4. The predicted octanol–water partition coefficient (Wildman–Crippen LogP) is 3.96. The average molecular weight is 211 g/mol. The lowest BCUT2D eigenvalue weighted by molar-refractivity contribution is 0.167. The number of hydrogen-bond donors (Lipinski definition) is 0. The zero-order valence-electron chi connectivity index (χ0n) is 11.7. The Kier molecular flexibility index (Phi) is 5.05. The minimum atomic E-state index is 0.236. The molecule has 0 aliphatic carbocycles. The van der Waals surface area contributed by atoms with E-state index >= 15 is 0 Å². The van der Waals surface area contributed by atoms with Gasteiger partial charge in [-0.3, -0.25) is 0 Å². The highest BCUT2D eigenvalue weighted by molar-refractivity contribution is 4.91. The number of allylic oxidation sites excluding steroid dienone is 1. The van der Waals surface area contributed by atoms with Crippen LogP contribution in [0.5, 0.6) is 0 Å². The summed E-state index contributed by atoms with van der Waals surface area (Å²) in [6, 6.07) is 0.637. The van der Waals surface area contributed by atoms with Crippen LogP contribution in [0, 0.1) is 10.8 Å². The lowest BCUT2D eigenvalue weighted by Gasteiger charge is -2.35. The van der Waals surface area contributed by atoms with Gasteiger partial charge in [0.15, 0.2) is 0 Å². The fraction of sp³-hybridized carbons (Fsp3) is 0.857. The first-order chi connectivity index (χ1) is 6.57. The maximum Gasteiger partial charge on any atom is 0.0102 e. The monoisotopic (exact) mass is 211 g/mol. The van der Waals surface area contributed by atoms with E-state index in [2.05, 4.69) is 66.3 Å². The summed E-state index contributed by atoms with van der Waals surface area (Å²) in [4.78, 5) is 2.34. The molecule has 0 aromatic heterocycles. The Morgan fingerprint density at radius 2 is 1.53 bits per heavy atom. The maximum absolute atomic E-state index is 3.92. The highest BCUT2D eigenvalue weighted by atomic mass is 15.1. The molecular weight excluding hydrogens is 182 g/mol. The van der Waals surface area contributed by atoms with Gasteiger partial charge in [0.25, 0.3) is 0 Å². The molecule has 0 saturated heterocycles. The molecule has 0 bridgehead atoms. The molecule has 0 fully saturated rings. The summed E-state index contributed by atoms with van der Waals surface area (Å²) in [6.07, 6.45) is 4.49. The lowest BCUT2D eigenvalue weighted by Crippen LogP contribution is -2.35. The first-order valence-corrected chi connectivity index (χ1v) is 5.87. The molecule has 0 aromatic carbocycles. The molecule has 0 aliphatic rings. The van der Waals surface area contributed by atoms with Gasteiger partial charge in [-0.1, -0.05) is 40.7 Å². The van der Waals surface area contributed by atoms with Crippen LogP contribution in [0.2, 0.25) is 0 Å². The average Bonchev–Trinajstić information content (AvgIpc) is 2.00. The van der Waals surface area contributed by atoms with Crippen LogP contribution in [0.15, 0.2) is 12.7 Å². The second kappa shape index (κ2) is 5.16. The minimum absolute atomic E-state index is 0.236. The van der Waals surface area contributed by atoms with Crippen LogP contribution in [0.1, 0.15) is 47.5 Å². The molecule has 1 unspecified atom stereocenters. The molecule has 1 nitrogen and oxygen atoms in total. The first kappa shape index (κ1) is 14.7. The highest BCUT2D eigenvalue weighted by Crippen LogP contribution is 2.31.